The van der Waals surface area contributed by atoms with Gasteiger partial charge < -0.3 is 20.0 Å². The van der Waals surface area contributed by atoms with Crippen molar-refractivity contribution in [3.05, 3.63) is 0 Å². The lowest BCUT2D eigenvalue weighted by molar-refractivity contribution is -0.141. The fourth-order valence-electron chi connectivity index (χ4n) is 2.27. The molecule has 2 amide bonds. The number of carboxylic acid groups (broad SMARTS) is 1. The highest BCUT2D eigenvalue weighted by Gasteiger charge is 2.40. The van der Waals surface area contributed by atoms with Crippen molar-refractivity contribution in [2.24, 2.45) is 0 Å². The first kappa shape index (κ1) is 13.3. The first-order valence-electron chi connectivity index (χ1n) is 5.80. The van der Waals surface area contributed by atoms with Gasteiger partial charge in [0.2, 0.25) is 0 Å². The van der Waals surface area contributed by atoms with Gasteiger partial charge in [-0.1, -0.05) is 0 Å². The van der Waals surface area contributed by atoms with Gasteiger partial charge in [-0.25, -0.2) is 9.59 Å². The normalized spacial score (nSPS) is 29.6. The van der Waals surface area contributed by atoms with Crippen LogP contribution < -0.4 is 0 Å². The van der Waals surface area contributed by atoms with Gasteiger partial charge in [-0.3, -0.25) is 4.21 Å². The molecule has 8 heteroatoms. The molecule has 2 aliphatic heterocycles. The molecular formula is C10H16N2O5S. The first-order valence-corrected chi connectivity index (χ1v) is 7.29. The number of urea groups is 1. The fourth-order valence-corrected chi connectivity index (χ4v) is 3.32. The van der Waals surface area contributed by atoms with Gasteiger partial charge in [0.25, 0.3) is 0 Å². The smallest absolute Gasteiger partial charge is 0.326 e. The van der Waals surface area contributed by atoms with Crippen molar-refractivity contribution in [3.63, 3.8) is 0 Å². The summed E-state index contributed by atoms with van der Waals surface area (Å²) < 4.78 is 11.2. The number of likely N-dealkylation sites (tertiary alicyclic amines) is 1. The zero-order valence-corrected chi connectivity index (χ0v) is 10.6. The quantitative estimate of drug-likeness (QED) is 0.619. The summed E-state index contributed by atoms with van der Waals surface area (Å²) in [5, 5.41) is 18.5. The molecule has 0 aliphatic carbocycles. The Kier molecular flexibility index (Phi) is 3.86. The summed E-state index contributed by atoms with van der Waals surface area (Å²) in [5.74, 6) is -0.236. The molecule has 0 aromatic heterocycles. The molecule has 2 atom stereocenters. The van der Waals surface area contributed by atoms with Crippen LogP contribution in [0.3, 0.4) is 0 Å². The van der Waals surface area contributed by atoms with Crippen LogP contribution in [-0.4, -0.2) is 79.5 Å². The van der Waals surface area contributed by atoms with E-state index in [2.05, 4.69) is 0 Å². The third-order valence-electron chi connectivity index (χ3n) is 3.26. The van der Waals surface area contributed by atoms with E-state index in [0.29, 0.717) is 24.6 Å². The summed E-state index contributed by atoms with van der Waals surface area (Å²) in [6.45, 7) is 0.810. The first-order chi connectivity index (χ1) is 8.49. The number of carboxylic acids is 1. The molecule has 0 spiro atoms. The largest absolute Gasteiger partial charge is 0.480 e. The van der Waals surface area contributed by atoms with E-state index in [0.717, 1.165) is 0 Å². The van der Waals surface area contributed by atoms with Crippen LogP contribution >= 0.6 is 0 Å². The Morgan fingerprint density at radius 2 is 1.83 bits per heavy atom. The molecule has 2 aliphatic rings. The van der Waals surface area contributed by atoms with Crippen molar-refractivity contribution < 1.29 is 24.0 Å². The van der Waals surface area contributed by atoms with Gasteiger partial charge in [-0.05, 0) is 0 Å². The summed E-state index contributed by atoms with van der Waals surface area (Å²) in [6, 6.07) is -1.34. The number of hydrogen-bond acceptors (Lipinski definition) is 4. The molecule has 7 nitrogen and oxygen atoms in total. The Morgan fingerprint density at radius 3 is 2.39 bits per heavy atom. The van der Waals surface area contributed by atoms with E-state index in [1.54, 1.807) is 0 Å². The minimum atomic E-state index is -1.10. The maximum absolute atomic E-state index is 12.1. The third kappa shape index (κ3) is 2.64. The second kappa shape index (κ2) is 5.23. The summed E-state index contributed by atoms with van der Waals surface area (Å²) in [7, 11) is -0.882. The summed E-state index contributed by atoms with van der Waals surface area (Å²) >= 11 is 0. The Labute approximate surface area is 107 Å². The van der Waals surface area contributed by atoms with Gasteiger partial charge in [0.05, 0.1) is 6.10 Å². The van der Waals surface area contributed by atoms with Crippen LogP contribution in [-0.2, 0) is 15.6 Å². The van der Waals surface area contributed by atoms with E-state index in [1.807, 2.05) is 0 Å². The molecule has 0 aromatic rings. The van der Waals surface area contributed by atoms with Crippen LogP contribution in [0, 0.1) is 0 Å². The molecule has 2 fully saturated rings. The van der Waals surface area contributed by atoms with E-state index in [9.17, 15) is 18.9 Å². The van der Waals surface area contributed by atoms with E-state index < -0.39 is 28.9 Å². The maximum atomic E-state index is 12.1. The number of nitrogens with zero attached hydrogens (tertiary/aromatic N) is 2. The van der Waals surface area contributed by atoms with Crippen molar-refractivity contribution in [2.45, 2.75) is 18.6 Å². The lowest BCUT2D eigenvalue weighted by atomic mass is 10.2. The predicted molar refractivity (Wildman–Crippen MR) is 63.6 cm³/mol. The molecule has 2 N–H and O–H groups in total. The van der Waals surface area contributed by atoms with Gasteiger partial charge in [-0.2, -0.15) is 0 Å². The van der Waals surface area contributed by atoms with Gasteiger partial charge >= 0.3 is 12.0 Å². The lowest BCUT2D eigenvalue weighted by Crippen LogP contribution is -2.51. The van der Waals surface area contributed by atoms with Gasteiger partial charge in [-0.15, -0.1) is 0 Å². The average molecular weight is 276 g/mol. The van der Waals surface area contributed by atoms with Crippen LogP contribution in [0.1, 0.15) is 6.42 Å². The topological polar surface area (TPSA) is 98.2 Å². The molecule has 2 saturated heterocycles. The summed E-state index contributed by atoms with van der Waals surface area (Å²) in [6.07, 6.45) is -0.713. The molecule has 0 radical (unpaired) electrons. The van der Waals surface area contributed by atoms with Crippen molar-refractivity contribution in [3.8, 4) is 0 Å². The zero-order valence-electron chi connectivity index (χ0n) is 9.82. The molecule has 0 aromatic carbocycles. The van der Waals surface area contributed by atoms with Crippen LogP contribution in [0.2, 0.25) is 0 Å². The molecule has 0 saturated carbocycles. The van der Waals surface area contributed by atoms with Gasteiger partial charge in [0.1, 0.15) is 6.04 Å². The predicted octanol–water partition coefficient (Wildman–Crippen LogP) is -1.31. The minimum absolute atomic E-state index is 0.0510. The molecule has 2 heterocycles. The number of aliphatic hydroxyl groups excluding tert-OH is 1. The molecule has 2 rings (SSSR count). The van der Waals surface area contributed by atoms with Crippen LogP contribution in [0.5, 0.6) is 0 Å². The van der Waals surface area contributed by atoms with Gasteiger partial charge in [0.15, 0.2) is 0 Å². The molecular weight excluding hydrogens is 260 g/mol. The standard InChI is InChI=1S/C10H16N2O5S/c13-7-5-8(9(14)15)12(6-7)10(16)11-1-3-18(17)4-2-11/h7-8,13H,1-6H2,(H,14,15). The fraction of sp³-hybridized carbons (Fsp3) is 0.800. The molecule has 0 bridgehead atoms. The second-order valence-corrected chi connectivity index (χ2v) is 6.21. The van der Waals surface area contributed by atoms with E-state index >= 15 is 0 Å². The lowest BCUT2D eigenvalue weighted by Gasteiger charge is -2.32. The van der Waals surface area contributed by atoms with Crippen molar-refractivity contribution in [1.82, 2.24) is 9.80 Å². The summed E-state index contributed by atoms with van der Waals surface area (Å²) in [4.78, 5) is 25.9. The Hall–Kier alpha value is -1.15. The number of aliphatic hydroxyl groups is 1. The van der Waals surface area contributed by atoms with E-state index in [-0.39, 0.29) is 19.0 Å². The number of hydrogen-bond donors (Lipinski definition) is 2. The van der Waals surface area contributed by atoms with Crippen molar-refractivity contribution in [1.29, 1.82) is 0 Å². The Morgan fingerprint density at radius 1 is 1.22 bits per heavy atom. The average Bonchev–Trinajstić information content (AvgIpc) is 2.71. The van der Waals surface area contributed by atoms with Crippen LogP contribution in [0.15, 0.2) is 0 Å². The Balaban J connectivity index is 2.03. The number of aliphatic carboxylic acids is 1. The van der Waals surface area contributed by atoms with Crippen LogP contribution in [0.25, 0.3) is 0 Å². The molecule has 102 valence electrons. The monoisotopic (exact) mass is 276 g/mol. The highest BCUT2D eigenvalue weighted by Crippen LogP contribution is 2.20. The zero-order chi connectivity index (χ0) is 13.3. The number of amides is 2. The molecule has 2 unspecified atom stereocenters. The number of carbonyl (C=O) groups is 2. The second-order valence-electron chi connectivity index (χ2n) is 4.51. The molecule has 18 heavy (non-hydrogen) atoms. The van der Waals surface area contributed by atoms with Crippen LogP contribution in [0.4, 0.5) is 4.79 Å². The number of carbonyl (C=O) groups excluding carboxylic acids is 1. The SMILES string of the molecule is O=C(O)C1CC(O)CN1C(=O)N1CCS(=O)CC1. The van der Waals surface area contributed by atoms with E-state index in [1.165, 1.54) is 9.80 Å². The number of β-amino-alcohol motifs (C(OH)–C–C–N with tert-alkyl or cyclic N) is 1. The third-order valence-corrected chi connectivity index (χ3v) is 4.53. The van der Waals surface area contributed by atoms with Crippen molar-refractivity contribution in [2.75, 3.05) is 31.1 Å². The minimum Gasteiger partial charge on any atom is -0.480 e. The van der Waals surface area contributed by atoms with E-state index in [4.69, 9.17) is 5.11 Å². The van der Waals surface area contributed by atoms with Gasteiger partial charge in [0, 0.05) is 48.4 Å². The summed E-state index contributed by atoms with van der Waals surface area (Å²) in [5.41, 5.74) is 0. The Bertz CT molecular complexity index is 378. The maximum Gasteiger partial charge on any atom is 0.326 e. The van der Waals surface area contributed by atoms with Crippen molar-refractivity contribution >= 4 is 22.8 Å². The highest BCUT2D eigenvalue weighted by molar-refractivity contribution is 7.85. The highest BCUT2D eigenvalue weighted by atomic mass is 32.2. The number of rotatable bonds is 1.